The van der Waals surface area contributed by atoms with Crippen LogP contribution >= 0.6 is 0 Å². The molecule has 8 heteroatoms. The fourth-order valence-electron chi connectivity index (χ4n) is 3.49. The van der Waals surface area contributed by atoms with Gasteiger partial charge in [-0.1, -0.05) is 43.9 Å². The van der Waals surface area contributed by atoms with E-state index in [1.54, 1.807) is 0 Å². The second-order valence-electron chi connectivity index (χ2n) is 7.86. The first-order valence-corrected chi connectivity index (χ1v) is 12.5. The molecule has 30 heavy (non-hydrogen) atoms. The number of hydrogen-bond donors (Lipinski definition) is 3. The summed E-state index contributed by atoms with van der Waals surface area (Å²) >= 11 is 5.44. The Bertz CT molecular complexity index is 812. The average molecular weight is 671 g/mol. The van der Waals surface area contributed by atoms with Gasteiger partial charge in [-0.3, -0.25) is 11.9 Å². The predicted octanol–water partition coefficient (Wildman–Crippen LogP) is 4.30. The van der Waals surface area contributed by atoms with Crippen molar-refractivity contribution in [2.24, 2.45) is 5.92 Å². The summed E-state index contributed by atoms with van der Waals surface area (Å²) < 4.78 is 0. The van der Waals surface area contributed by atoms with Crippen molar-refractivity contribution in [2.45, 2.75) is 56.6 Å². The molecule has 0 radical (unpaired) electrons. The molecule has 1 aliphatic carbocycles. The minimum absolute atomic E-state index is 0. The number of H-pyrrole nitrogens is 1. The van der Waals surface area contributed by atoms with Gasteiger partial charge in [0.05, 0.1) is 0 Å². The van der Waals surface area contributed by atoms with Crippen LogP contribution in [0.1, 0.15) is 55.8 Å². The summed E-state index contributed by atoms with van der Waals surface area (Å²) in [6.45, 7) is 11.6. The van der Waals surface area contributed by atoms with Crippen molar-refractivity contribution in [1.82, 2.24) is 15.5 Å². The fourth-order valence-corrected chi connectivity index (χ4v) is 5.60. The first-order chi connectivity index (χ1) is 13.9. The summed E-state index contributed by atoms with van der Waals surface area (Å²) in [6, 6.07) is 9.34. The summed E-state index contributed by atoms with van der Waals surface area (Å²) in [5.41, 5.74) is 5.16. The van der Waals surface area contributed by atoms with Crippen LogP contribution in [-0.2, 0) is 36.9 Å². The second kappa shape index (κ2) is 13.8. The summed E-state index contributed by atoms with van der Waals surface area (Å²) in [4.78, 5) is 7.75. The first kappa shape index (κ1) is 27.5. The van der Waals surface area contributed by atoms with Crippen LogP contribution in [0.5, 0.6) is 0 Å². The molecule has 5 nitrogen and oxygen atoms in total. The van der Waals surface area contributed by atoms with Gasteiger partial charge in [-0.25, -0.2) is 0 Å². The van der Waals surface area contributed by atoms with Gasteiger partial charge in [0.2, 0.25) is 0 Å². The van der Waals surface area contributed by atoms with Crippen LogP contribution < -0.4 is 10.6 Å². The Kier molecular flexibility index (Phi) is 12.7. The quantitative estimate of drug-likeness (QED) is 0.335. The first-order valence-electron chi connectivity index (χ1n) is 9.97. The van der Waals surface area contributed by atoms with E-state index in [0.29, 0.717) is 17.9 Å². The molecule has 2 aliphatic rings. The molecule has 0 bridgehead atoms. The smallest absolute Gasteiger partial charge is 0.545 e. The van der Waals surface area contributed by atoms with Gasteiger partial charge in [-0.15, -0.1) is 9.45 Å². The Morgan fingerprint density at radius 1 is 1.23 bits per heavy atom. The molecule has 3 atom stereocenters. The molecule has 3 N–H and O–H groups in total. The van der Waals surface area contributed by atoms with Gasteiger partial charge < -0.3 is 22.4 Å². The van der Waals surface area contributed by atoms with Crippen LogP contribution in [0.3, 0.4) is 0 Å². The minimum Gasteiger partial charge on any atom is -0.545 e. The van der Waals surface area contributed by atoms with E-state index < -0.39 is 0 Å². The van der Waals surface area contributed by atoms with E-state index in [4.69, 9.17) is 16.0 Å². The zero-order chi connectivity index (χ0) is 21.4. The molecule has 1 aliphatic heterocycles. The van der Waals surface area contributed by atoms with Crippen molar-refractivity contribution in [2.75, 3.05) is 12.4 Å². The second-order valence-corrected chi connectivity index (χ2v) is 10.7. The number of rotatable bonds is 4. The Labute approximate surface area is 211 Å². The maximum absolute atomic E-state index is 7.75. The molecule has 2 aromatic rings. The summed E-state index contributed by atoms with van der Waals surface area (Å²) in [6.07, 6.45) is 3.61. The number of anilines is 2. The van der Waals surface area contributed by atoms with E-state index in [1.807, 2.05) is 7.05 Å². The van der Waals surface area contributed by atoms with Crippen molar-refractivity contribution in [3.05, 3.63) is 48.0 Å². The standard InChI is InChI=1S/C17H20N3S2.C4H11N.CHO.U/c1-11-2-3-12(6-11)16-8-17(20-19-16)18-15-5-4-13-9-22(21)10-14(13)7-15;1-4(2)5-3;1-2;/h4-5,7-8,11-12H,1-3,6,9-10H2,(H2,18,19,20);4-5H,1-3H3;1H;/q-1;;-1;+2. The van der Waals surface area contributed by atoms with Crippen LogP contribution in [0.15, 0.2) is 24.3 Å². The molecule has 0 amide bonds. The molecule has 0 spiro atoms. The van der Waals surface area contributed by atoms with Crippen LogP contribution in [0.25, 0.3) is 0 Å². The Hall–Kier alpha value is -0.518. The number of fused-ring (bicyclic) bond motifs is 1. The zero-order valence-electron chi connectivity index (χ0n) is 18.0. The van der Waals surface area contributed by atoms with E-state index in [0.717, 1.165) is 23.0 Å². The largest absolute Gasteiger partial charge is 2.00 e. The molecule has 1 saturated carbocycles. The summed E-state index contributed by atoms with van der Waals surface area (Å²) in [7, 11) is 2.05. The van der Waals surface area contributed by atoms with Gasteiger partial charge in [-0.05, 0) is 42.6 Å². The molecule has 4 rings (SSSR count). The van der Waals surface area contributed by atoms with E-state index >= 15 is 0 Å². The predicted molar refractivity (Wildman–Crippen MR) is 127 cm³/mol. The zero-order valence-corrected chi connectivity index (χ0v) is 23.8. The van der Waals surface area contributed by atoms with Crippen molar-refractivity contribution in [1.29, 1.82) is 0 Å². The third-order valence-electron chi connectivity index (χ3n) is 5.27. The Morgan fingerprint density at radius 2 is 1.90 bits per heavy atom. The van der Waals surface area contributed by atoms with E-state index in [-0.39, 0.29) is 40.6 Å². The maximum Gasteiger partial charge on any atom is 2.00 e. The van der Waals surface area contributed by atoms with Gasteiger partial charge >= 0.3 is 31.1 Å². The number of aromatic nitrogens is 2. The number of benzene rings is 1. The van der Waals surface area contributed by atoms with Crippen LogP contribution in [0.4, 0.5) is 11.5 Å². The van der Waals surface area contributed by atoms with Gasteiger partial charge in [-0.2, -0.15) is 11.0 Å². The minimum atomic E-state index is 0. The third-order valence-corrected chi connectivity index (χ3v) is 7.24. The van der Waals surface area contributed by atoms with Crippen molar-refractivity contribution in [3.63, 3.8) is 0 Å². The topological polar surface area (TPSA) is 69.8 Å². The SMILES string of the molecule is CNC(C)C.[CH-]=O.[CH2-]C1CCC(c2cc(Nc3ccc4c(c3)CS(=S)C4)n[nH]2)C1.[U+2]. The fraction of sp³-hybridized carbons (Fsp3) is 0.500. The molecule has 1 aromatic heterocycles. The Balaban J connectivity index is 0.000000498. The van der Waals surface area contributed by atoms with Crippen LogP contribution in [-0.4, -0.2) is 30.1 Å². The van der Waals surface area contributed by atoms with E-state index in [1.165, 1.54) is 36.1 Å². The number of carbonyl (C=O) groups excluding carboxylic acids is 1. The van der Waals surface area contributed by atoms with Gasteiger partial charge in [0.15, 0.2) is 5.82 Å². The molecular weight excluding hydrogens is 638 g/mol. The summed E-state index contributed by atoms with van der Waals surface area (Å²) in [5, 5.41) is 14.0. The normalized spacial score (nSPS) is 21.6. The van der Waals surface area contributed by atoms with Gasteiger partial charge in [0.1, 0.15) is 0 Å². The number of nitrogens with zero attached hydrogens (tertiary/aromatic N) is 1. The number of aromatic amines is 1. The van der Waals surface area contributed by atoms with Crippen molar-refractivity contribution in [3.8, 4) is 0 Å². The molecule has 1 fully saturated rings. The third kappa shape index (κ3) is 8.20. The van der Waals surface area contributed by atoms with Gasteiger partial charge in [0.25, 0.3) is 0 Å². The molecule has 3 unspecified atom stereocenters. The number of nitrogens with one attached hydrogen (secondary N) is 3. The maximum atomic E-state index is 7.75. The Morgan fingerprint density at radius 3 is 2.50 bits per heavy atom. The molecule has 1 aromatic carbocycles. The monoisotopic (exact) mass is 670 g/mol. The van der Waals surface area contributed by atoms with E-state index in [9.17, 15) is 0 Å². The molecular formula is C22H32N4OS2U. The molecule has 2 heterocycles. The van der Waals surface area contributed by atoms with Crippen LogP contribution in [0, 0.1) is 44.0 Å². The van der Waals surface area contributed by atoms with Crippen molar-refractivity contribution >= 4 is 38.9 Å². The average Bonchev–Trinajstić information content (AvgIpc) is 3.43. The van der Waals surface area contributed by atoms with Crippen molar-refractivity contribution < 1.29 is 35.9 Å². The van der Waals surface area contributed by atoms with Crippen LogP contribution in [0.2, 0.25) is 0 Å². The number of hydrogen-bond acceptors (Lipinski definition) is 5. The summed E-state index contributed by atoms with van der Waals surface area (Å²) in [5.74, 6) is 4.18. The van der Waals surface area contributed by atoms with E-state index in [2.05, 4.69) is 72.7 Å². The van der Waals surface area contributed by atoms with Gasteiger partial charge in [0, 0.05) is 35.0 Å². The molecule has 162 valence electrons. The molecule has 0 saturated heterocycles.